The van der Waals surface area contributed by atoms with Gasteiger partial charge in [-0.25, -0.2) is 4.79 Å². The third-order valence-electron chi connectivity index (χ3n) is 7.35. The Kier molecular flexibility index (Phi) is 7.08. The number of nitriles is 1. The van der Waals surface area contributed by atoms with Crippen molar-refractivity contribution in [2.75, 3.05) is 0 Å². The zero-order valence-corrected chi connectivity index (χ0v) is 23.6. The Morgan fingerprint density at radius 2 is 1.83 bits per heavy atom. The van der Waals surface area contributed by atoms with Crippen LogP contribution in [-0.2, 0) is 11.2 Å². The number of pyridine rings is 1. The van der Waals surface area contributed by atoms with E-state index in [1.165, 1.54) is 0 Å². The first kappa shape index (κ1) is 27.1. The second-order valence-electron chi connectivity index (χ2n) is 10.1. The first-order chi connectivity index (χ1) is 19.7. The summed E-state index contributed by atoms with van der Waals surface area (Å²) >= 11 is 19.6. The van der Waals surface area contributed by atoms with E-state index in [0.717, 1.165) is 29.6 Å². The molecule has 3 aromatic carbocycles. The molecule has 0 radical (unpaired) electrons. The van der Waals surface area contributed by atoms with Crippen molar-refractivity contribution in [3.05, 3.63) is 98.2 Å². The molecule has 41 heavy (non-hydrogen) atoms. The fraction of sp³-hybridized carbons (Fsp3) is 0.161. The lowest BCUT2D eigenvalue weighted by Crippen LogP contribution is -2.42. The number of hydrogen-bond acceptors (Lipinski definition) is 4. The number of benzene rings is 3. The Morgan fingerprint density at radius 1 is 1.05 bits per heavy atom. The largest absolute Gasteiger partial charge is 0.480 e. The summed E-state index contributed by atoms with van der Waals surface area (Å²) in [5.41, 5.74) is 4.96. The van der Waals surface area contributed by atoms with Crippen LogP contribution in [0.1, 0.15) is 45.9 Å². The zero-order valence-electron chi connectivity index (χ0n) is 21.3. The van der Waals surface area contributed by atoms with E-state index in [-0.39, 0.29) is 22.0 Å². The molecule has 1 atom stereocenters. The first-order valence-corrected chi connectivity index (χ1v) is 14.0. The molecule has 1 fully saturated rings. The Bertz CT molecular complexity index is 1920. The molecule has 6 rings (SSSR count). The van der Waals surface area contributed by atoms with Crippen molar-refractivity contribution >= 4 is 68.5 Å². The Morgan fingerprint density at radius 3 is 2.54 bits per heavy atom. The number of fused-ring (bicyclic) bond motifs is 2. The average molecular weight is 604 g/mol. The number of halogens is 3. The van der Waals surface area contributed by atoms with Crippen LogP contribution in [0.2, 0.25) is 15.1 Å². The minimum absolute atomic E-state index is 0.0158. The molecule has 1 aliphatic carbocycles. The molecule has 5 aromatic rings. The quantitative estimate of drug-likeness (QED) is 0.178. The highest BCUT2D eigenvalue weighted by atomic mass is 35.5. The van der Waals surface area contributed by atoms with Gasteiger partial charge in [0.1, 0.15) is 6.04 Å². The van der Waals surface area contributed by atoms with Crippen molar-refractivity contribution in [1.29, 1.82) is 5.26 Å². The van der Waals surface area contributed by atoms with Gasteiger partial charge in [0.2, 0.25) is 0 Å². The van der Waals surface area contributed by atoms with Gasteiger partial charge >= 0.3 is 5.97 Å². The average Bonchev–Trinajstić information content (AvgIpc) is 3.72. The molecule has 7 nitrogen and oxygen atoms in total. The lowest BCUT2D eigenvalue weighted by molar-refractivity contribution is -0.139. The molecule has 3 N–H and O–H groups in total. The van der Waals surface area contributed by atoms with Crippen molar-refractivity contribution < 1.29 is 14.7 Å². The molecule has 0 spiro atoms. The van der Waals surface area contributed by atoms with Crippen LogP contribution in [0.3, 0.4) is 0 Å². The van der Waals surface area contributed by atoms with Crippen molar-refractivity contribution in [2.45, 2.75) is 31.2 Å². The van der Waals surface area contributed by atoms with Crippen LogP contribution in [-0.4, -0.2) is 33.0 Å². The minimum atomic E-state index is -1.27. The predicted molar refractivity (Wildman–Crippen MR) is 160 cm³/mol. The van der Waals surface area contributed by atoms with Gasteiger partial charge < -0.3 is 15.4 Å². The Labute approximate surface area is 249 Å². The number of rotatable bonds is 7. The van der Waals surface area contributed by atoms with E-state index in [1.54, 1.807) is 42.6 Å². The van der Waals surface area contributed by atoms with Crippen molar-refractivity contribution in [2.24, 2.45) is 0 Å². The number of nitrogens with zero attached hydrogens (tertiary/aromatic N) is 2. The van der Waals surface area contributed by atoms with Crippen LogP contribution < -0.4 is 5.32 Å². The number of aliphatic carboxylic acids is 1. The Balaban J connectivity index is 1.32. The lowest BCUT2D eigenvalue weighted by atomic mass is 9.94. The molecule has 1 amide bonds. The number of H-pyrrole nitrogens is 1. The van der Waals surface area contributed by atoms with E-state index in [2.05, 4.69) is 21.4 Å². The molecule has 0 saturated heterocycles. The predicted octanol–water partition coefficient (Wildman–Crippen LogP) is 7.52. The molecule has 2 aromatic heterocycles. The molecule has 0 unspecified atom stereocenters. The molecule has 10 heteroatoms. The number of amides is 1. The maximum Gasteiger partial charge on any atom is 0.326 e. The molecular formula is C31H21Cl3N4O3. The standard InChI is InChI=1S/C31H21Cl3N4O3/c32-22-10-15(14-35)3-7-19(22)20-8-6-17(18-2-1-9-36-29(18)20)11-26(31(40)41)38-30(39)27-23(33)13-25-21(28(27)34)12-24(37-25)16-4-5-16/h1-3,6-10,12-13,16,26,37H,4-5,11H2,(H,38,39)(H,40,41)/t26-/m0/s1. The fourth-order valence-corrected chi connectivity index (χ4v) is 6.09. The molecule has 0 aliphatic heterocycles. The number of aromatic nitrogens is 2. The summed E-state index contributed by atoms with van der Waals surface area (Å²) in [6.45, 7) is 0. The van der Waals surface area contributed by atoms with Gasteiger partial charge in [0, 0.05) is 50.8 Å². The van der Waals surface area contributed by atoms with E-state index < -0.39 is 17.9 Å². The number of hydrogen-bond donors (Lipinski definition) is 3. The summed E-state index contributed by atoms with van der Waals surface area (Å²) in [5, 5.41) is 23.9. The number of carboxylic acid groups (broad SMARTS) is 1. The molecule has 204 valence electrons. The topological polar surface area (TPSA) is 119 Å². The van der Waals surface area contributed by atoms with Gasteiger partial charge in [-0.3, -0.25) is 9.78 Å². The second-order valence-corrected chi connectivity index (χ2v) is 11.2. The summed E-state index contributed by atoms with van der Waals surface area (Å²) in [6, 6.07) is 16.6. The van der Waals surface area contributed by atoms with Gasteiger partial charge in [-0.05, 0) is 54.7 Å². The van der Waals surface area contributed by atoms with Crippen LogP contribution in [0, 0.1) is 11.3 Å². The normalized spacial score (nSPS) is 13.7. The van der Waals surface area contributed by atoms with Crippen LogP contribution in [0.5, 0.6) is 0 Å². The molecule has 1 saturated carbocycles. The molecular weight excluding hydrogens is 583 g/mol. The molecule has 1 aliphatic rings. The highest BCUT2D eigenvalue weighted by molar-refractivity contribution is 6.43. The lowest BCUT2D eigenvalue weighted by Gasteiger charge is -2.18. The first-order valence-electron chi connectivity index (χ1n) is 12.9. The number of carbonyl (C=O) groups is 2. The molecule has 0 bridgehead atoms. The summed E-state index contributed by atoms with van der Waals surface area (Å²) in [4.78, 5) is 33.6. The van der Waals surface area contributed by atoms with Gasteiger partial charge in [0.15, 0.2) is 0 Å². The van der Waals surface area contributed by atoms with E-state index in [9.17, 15) is 20.0 Å². The number of aromatic amines is 1. The number of nitrogens with one attached hydrogen (secondary N) is 2. The third kappa shape index (κ3) is 5.11. The van der Waals surface area contributed by atoms with Crippen LogP contribution in [0.4, 0.5) is 0 Å². The van der Waals surface area contributed by atoms with E-state index in [4.69, 9.17) is 34.8 Å². The third-order valence-corrected chi connectivity index (χ3v) is 8.36. The number of carbonyl (C=O) groups excluding carboxylic acids is 1. The number of carboxylic acids is 1. The summed E-state index contributed by atoms with van der Waals surface area (Å²) in [5.74, 6) is -1.43. The van der Waals surface area contributed by atoms with Crippen LogP contribution >= 0.6 is 34.8 Å². The van der Waals surface area contributed by atoms with Gasteiger partial charge in [-0.15, -0.1) is 0 Å². The second kappa shape index (κ2) is 10.7. The zero-order chi connectivity index (χ0) is 28.8. The van der Waals surface area contributed by atoms with Crippen LogP contribution in [0.15, 0.2) is 60.8 Å². The smallest absolute Gasteiger partial charge is 0.326 e. The van der Waals surface area contributed by atoms with Crippen molar-refractivity contribution in [3.63, 3.8) is 0 Å². The van der Waals surface area contributed by atoms with Gasteiger partial charge in [-0.1, -0.05) is 59.1 Å². The van der Waals surface area contributed by atoms with Crippen molar-refractivity contribution in [1.82, 2.24) is 15.3 Å². The van der Waals surface area contributed by atoms with Gasteiger partial charge in [0.25, 0.3) is 5.91 Å². The van der Waals surface area contributed by atoms with Crippen LogP contribution in [0.25, 0.3) is 32.9 Å². The highest BCUT2D eigenvalue weighted by Crippen LogP contribution is 2.43. The highest BCUT2D eigenvalue weighted by Gasteiger charge is 2.29. The monoisotopic (exact) mass is 602 g/mol. The van der Waals surface area contributed by atoms with Crippen molar-refractivity contribution in [3.8, 4) is 17.2 Å². The summed E-state index contributed by atoms with van der Waals surface area (Å²) in [6.07, 6.45) is 3.81. The van der Waals surface area contributed by atoms with Gasteiger partial charge in [0.05, 0.1) is 32.8 Å². The minimum Gasteiger partial charge on any atom is -0.480 e. The fourth-order valence-electron chi connectivity index (χ4n) is 5.13. The van der Waals surface area contributed by atoms with E-state index in [1.807, 2.05) is 18.2 Å². The Hall–Kier alpha value is -4.09. The molecule has 2 heterocycles. The van der Waals surface area contributed by atoms with Gasteiger partial charge in [-0.2, -0.15) is 5.26 Å². The maximum absolute atomic E-state index is 13.4. The summed E-state index contributed by atoms with van der Waals surface area (Å²) in [7, 11) is 0. The SMILES string of the molecule is N#Cc1ccc(-c2ccc(C[C@H](NC(=O)c3c(Cl)cc4[nH]c(C5CC5)cc4c3Cl)C(=O)O)c3cccnc23)c(Cl)c1. The maximum atomic E-state index is 13.4. The summed E-state index contributed by atoms with van der Waals surface area (Å²) < 4.78 is 0. The van der Waals surface area contributed by atoms with E-state index >= 15 is 0 Å². The van der Waals surface area contributed by atoms with E-state index in [0.29, 0.717) is 43.9 Å².